The first-order chi connectivity index (χ1) is 11.9. The lowest BCUT2D eigenvalue weighted by Crippen LogP contribution is -2.30. The quantitative estimate of drug-likeness (QED) is 0.556. The van der Waals surface area contributed by atoms with Gasteiger partial charge in [-0.15, -0.1) is 11.8 Å². The third-order valence-corrected chi connectivity index (χ3v) is 3.91. The largest absolute Gasteiger partial charge is 0.484 e. The van der Waals surface area contributed by atoms with Crippen molar-refractivity contribution in [1.82, 2.24) is 5.32 Å². The van der Waals surface area contributed by atoms with E-state index >= 15 is 0 Å². The zero-order valence-corrected chi connectivity index (χ0v) is 14.0. The summed E-state index contributed by atoms with van der Waals surface area (Å²) in [5, 5.41) is 5.24. The van der Waals surface area contributed by atoms with Crippen LogP contribution in [0.2, 0.25) is 0 Å². The van der Waals surface area contributed by atoms with E-state index in [1.165, 1.54) is 18.2 Å². The molecule has 0 bridgehead atoms. The number of benzene rings is 2. The van der Waals surface area contributed by atoms with Crippen molar-refractivity contribution in [2.75, 3.05) is 24.2 Å². The van der Waals surface area contributed by atoms with Crippen LogP contribution in [0, 0.1) is 0 Å². The lowest BCUT2D eigenvalue weighted by atomic mass is 10.3. The van der Waals surface area contributed by atoms with Crippen LogP contribution in [0.1, 0.15) is 0 Å². The van der Waals surface area contributed by atoms with Gasteiger partial charge in [0.1, 0.15) is 5.75 Å². The Labute approximate surface area is 147 Å². The maximum atomic E-state index is 12.1. The van der Waals surface area contributed by atoms with Gasteiger partial charge in [-0.3, -0.25) is 0 Å². The summed E-state index contributed by atoms with van der Waals surface area (Å²) in [5.41, 5.74) is 0.355. The molecule has 0 saturated carbocycles. The van der Waals surface area contributed by atoms with E-state index in [0.717, 1.165) is 4.90 Å². The summed E-state index contributed by atoms with van der Waals surface area (Å²) in [6.45, 7) is -0.922. The van der Waals surface area contributed by atoms with Crippen LogP contribution >= 0.6 is 11.8 Å². The first-order valence-corrected chi connectivity index (χ1v) is 8.43. The van der Waals surface area contributed by atoms with Crippen LogP contribution in [0.15, 0.2) is 59.5 Å². The highest BCUT2D eigenvalue weighted by Crippen LogP contribution is 2.21. The van der Waals surface area contributed by atoms with Gasteiger partial charge in [0, 0.05) is 28.9 Å². The molecular weight excluding hydrogens is 353 g/mol. The van der Waals surface area contributed by atoms with Gasteiger partial charge < -0.3 is 15.4 Å². The molecule has 0 aliphatic heterocycles. The highest BCUT2D eigenvalue weighted by atomic mass is 32.2. The number of nitrogens with one attached hydrogen (secondary N) is 2. The van der Waals surface area contributed by atoms with Gasteiger partial charge in [0.05, 0.1) is 0 Å². The highest BCUT2D eigenvalue weighted by molar-refractivity contribution is 7.99. The van der Waals surface area contributed by atoms with E-state index in [2.05, 4.69) is 15.4 Å². The maximum Gasteiger partial charge on any atom is 0.422 e. The minimum absolute atomic E-state index is 0.0368. The standard InChI is InChI=1S/C17H17F3N2O2S/c18-17(19,20)12-24-14-6-4-5-13(11-14)22-16(23)21-9-10-25-15-7-2-1-3-8-15/h1-8,11H,9-10,12H2,(H2,21,22,23). The molecule has 4 nitrogen and oxygen atoms in total. The van der Waals surface area contributed by atoms with E-state index in [4.69, 9.17) is 0 Å². The molecular formula is C17H17F3N2O2S. The Balaban J connectivity index is 1.72. The number of rotatable bonds is 7. The second-order valence-electron chi connectivity index (χ2n) is 4.97. The number of halogens is 3. The molecule has 25 heavy (non-hydrogen) atoms. The number of thioether (sulfide) groups is 1. The number of carbonyl (C=O) groups is 1. The van der Waals surface area contributed by atoms with Crippen molar-refractivity contribution in [1.29, 1.82) is 0 Å². The third kappa shape index (κ3) is 7.84. The van der Waals surface area contributed by atoms with Crippen molar-refractivity contribution in [3.8, 4) is 5.75 Å². The molecule has 2 N–H and O–H groups in total. The summed E-state index contributed by atoms with van der Waals surface area (Å²) in [6, 6.07) is 15.2. The molecule has 0 fully saturated rings. The average molecular weight is 370 g/mol. The average Bonchev–Trinajstić information content (AvgIpc) is 2.58. The number of anilines is 1. The lowest BCUT2D eigenvalue weighted by molar-refractivity contribution is -0.153. The van der Waals surface area contributed by atoms with Gasteiger partial charge in [-0.1, -0.05) is 24.3 Å². The number of urea groups is 1. The Bertz CT molecular complexity index is 681. The molecule has 0 unspecified atom stereocenters. The van der Waals surface area contributed by atoms with E-state index < -0.39 is 18.8 Å². The predicted molar refractivity (Wildman–Crippen MR) is 92.2 cm³/mol. The Morgan fingerprint density at radius 1 is 1.08 bits per heavy atom. The van der Waals surface area contributed by atoms with Crippen molar-refractivity contribution < 1.29 is 22.7 Å². The van der Waals surface area contributed by atoms with Crippen LogP contribution in [-0.4, -0.2) is 31.1 Å². The predicted octanol–water partition coefficient (Wildman–Crippen LogP) is 4.54. The Morgan fingerprint density at radius 2 is 1.84 bits per heavy atom. The Morgan fingerprint density at radius 3 is 2.56 bits per heavy atom. The molecule has 0 heterocycles. The number of hydrogen-bond donors (Lipinski definition) is 2. The van der Waals surface area contributed by atoms with Crippen molar-refractivity contribution in [3.05, 3.63) is 54.6 Å². The number of alkyl halides is 3. The lowest BCUT2D eigenvalue weighted by Gasteiger charge is -2.11. The summed E-state index contributed by atoms with van der Waals surface area (Å²) < 4.78 is 41.1. The van der Waals surface area contributed by atoms with Crippen molar-refractivity contribution in [2.24, 2.45) is 0 Å². The van der Waals surface area contributed by atoms with Crippen LogP contribution in [-0.2, 0) is 0 Å². The zero-order chi connectivity index (χ0) is 18.1. The SMILES string of the molecule is O=C(NCCSc1ccccc1)Nc1cccc(OCC(F)(F)F)c1. The third-order valence-electron chi connectivity index (χ3n) is 2.89. The van der Waals surface area contributed by atoms with Crippen molar-refractivity contribution in [2.45, 2.75) is 11.1 Å². The van der Waals surface area contributed by atoms with Gasteiger partial charge >= 0.3 is 12.2 Å². The number of amides is 2. The second kappa shape index (κ2) is 9.22. The van der Waals surface area contributed by atoms with Gasteiger partial charge in [-0.2, -0.15) is 13.2 Å². The summed E-state index contributed by atoms with van der Waals surface area (Å²) in [6.07, 6.45) is -4.41. The summed E-state index contributed by atoms with van der Waals surface area (Å²) >= 11 is 1.61. The summed E-state index contributed by atoms with van der Waals surface area (Å²) in [7, 11) is 0. The van der Waals surface area contributed by atoms with Gasteiger partial charge in [-0.05, 0) is 24.3 Å². The van der Waals surface area contributed by atoms with E-state index in [0.29, 0.717) is 18.0 Å². The normalized spacial score (nSPS) is 11.0. The molecule has 2 rings (SSSR count). The molecule has 0 aliphatic carbocycles. The summed E-state index contributed by atoms with van der Waals surface area (Å²) in [5.74, 6) is 0.737. The smallest absolute Gasteiger partial charge is 0.422 e. The molecule has 0 radical (unpaired) electrons. The Hall–Kier alpha value is -2.35. The van der Waals surface area contributed by atoms with Gasteiger partial charge in [-0.25, -0.2) is 4.79 Å². The fraction of sp³-hybridized carbons (Fsp3) is 0.235. The fourth-order valence-corrected chi connectivity index (χ4v) is 2.64. The minimum atomic E-state index is -4.41. The summed E-state index contributed by atoms with van der Waals surface area (Å²) in [4.78, 5) is 12.9. The molecule has 0 aromatic heterocycles. The number of carbonyl (C=O) groups excluding carboxylic acids is 1. The van der Waals surface area contributed by atoms with Crippen LogP contribution in [0.5, 0.6) is 5.75 Å². The van der Waals surface area contributed by atoms with Crippen LogP contribution in [0.4, 0.5) is 23.7 Å². The number of ether oxygens (including phenoxy) is 1. The zero-order valence-electron chi connectivity index (χ0n) is 13.2. The molecule has 2 amide bonds. The minimum Gasteiger partial charge on any atom is -0.484 e. The fourth-order valence-electron chi connectivity index (χ4n) is 1.85. The molecule has 0 aliphatic rings. The van der Waals surface area contributed by atoms with Gasteiger partial charge in [0.2, 0.25) is 0 Å². The van der Waals surface area contributed by atoms with E-state index in [1.54, 1.807) is 17.8 Å². The maximum absolute atomic E-state index is 12.1. The first kappa shape index (κ1) is 19.0. The molecule has 0 atom stereocenters. The second-order valence-corrected chi connectivity index (χ2v) is 6.14. The monoisotopic (exact) mass is 370 g/mol. The van der Waals surface area contributed by atoms with E-state index in [1.807, 2.05) is 30.3 Å². The van der Waals surface area contributed by atoms with E-state index in [9.17, 15) is 18.0 Å². The van der Waals surface area contributed by atoms with E-state index in [-0.39, 0.29) is 5.75 Å². The molecule has 8 heteroatoms. The molecule has 2 aromatic rings. The molecule has 0 spiro atoms. The molecule has 134 valence electrons. The van der Waals surface area contributed by atoms with Crippen molar-refractivity contribution >= 4 is 23.5 Å². The molecule has 0 saturated heterocycles. The van der Waals surface area contributed by atoms with Crippen molar-refractivity contribution in [3.63, 3.8) is 0 Å². The number of hydrogen-bond acceptors (Lipinski definition) is 3. The van der Waals surface area contributed by atoms with Crippen LogP contribution in [0.3, 0.4) is 0 Å². The topological polar surface area (TPSA) is 50.4 Å². The first-order valence-electron chi connectivity index (χ1n) is 7.45. The van der Waals surface area contributed by atoms with Gasteiger partial charge in [0.15, 0.2) is 6.61 Å². The highest BCUT2D eigenvalue weighted by Gasteiger charge is 2.28. The van der Waals surface area contributed by atoms with Crippen LogP contribution < -0.4 is 15.4 Å². The Kier molecular flexibility index (Phi) is 7.00. The van der Waals surface area contributed by atoms with Crippen LogP contribution in [0.25, 0.3) is 0 Å². The molecule has 2 aromatic carbocycles. The van der Waals surface area contributed by atoms with Gasteiger partial charge in [0.25, 0.3) is 0 Å².